The number of imide groups is 1. The average molecular weight is 366 g/mol. The number of carbonyl (C=O) groups excluding carboxylic acids is 3. The third kappa shape index (κ3) is 2.59. The molecule has 0 aromatic heterocycles. The molecular weight excluding hydrogens is 349 g/mol. The SMILES string of the molecule is O=C(CN1C(=O)[C@@H]2[C@@H]3CC[C@@H](C3)[C@@H]2C1=O)Nc1ccccc1C(F)(F)F. The Morgan fingerprint density at radius 3 is 2.23 bits per heavy atom. The molecule has 1 heterocycles. The second-order valence-corrected chi connectivity index (χ2v) is 7.24. The van der Waals surface area contributed by atoms with Crippen molar-refractivity contribution in [3.05, 3.63) is 29.8 Å². The van der Waals surface area contributed by atoms with Gasteiger partial charge in [-0.2, -0.15) is 13.2 Å². The van der Waals surface area contributed by atoms with E-state index < -0.39 is 24.2 Å². The molecule has 1 aromatic rings. The first kappa shape index (κ1) is 17.1. The van der Waals surface area contributed by atoms with Crippen LogP contribution in [0, 0.1) is 23.7 Å². The number of halogens is 3. The second kappa shape index (κ2) is 5.82. The quantitative estimate of drug-likeness (QED) is 0.837. The molecule has 1 aliphatic heterocycles. The van der Waals surface area contributed by atoms with E-state index in [2.05, 4.69) is 5.32 Å². The average Bonchev–Trinajstić information content (AvgIpc) is 3.24. The lowest BCUT2D eigenvalue weighted by Crippen LogP contribution is -2.39. The summed E-state index contributed by atoms with van der Waals surface area (Å²) in [5.74, 6) is -1.83. The van der Waals surface area contributed by atoms with Gasteiger partial charge in [0.2, 0.25) is 17.7 Å². The molecule has 4 atom stereocenters. The number of nitrogens with one attached hydrogen (secondary N) is 1. The normalized spacial score (nSPS) is 30.0. The lowest BCUT2D eigenvalue weighted by atomic mass is 9.81. The summed E-state index contributed by atoms with van der Waals surface area (Å²) in [5, 5.41) is 2.18. The Morgan fingerprint density at radius 1 is 1.08 bits per heavy atom. The molecule has 1 aromatic carbocycles. The summed E-state index contributed by atoms with van der Waals surface area (Å²) in [6, 6.07) is 4.61. The summed E-state index contributed by atoms with van der Waals surface area (Å²) < 4.78 is 39.0. The molecule has 1 N–H and O–H groups in total. The van der Waals surface area contributed by atoms with Crippen LogP contribution in [0.4, 0.5) is 18.9 Å². The molecule has 3 fully saturated rings. The Hall–Kier alpha value is -2.38. The van der Waals surface area contributed by atoms with Crippen molar-refractivity contribution < 1.29 is 27.6 Å². The van der Waals surface area contributed by atoms with Gasteiger partial charge in [0.1, 0.15) is 6.54 Å². The van der Waals surface area contributed by atoms with Gasteiger partial charge in [0.15, 0.2) is 0 Å². The first-order valence-electron chi connectivity index (χ1n) is 8.58. The van der Waals surface area contributed by atoms with Crippen LogP contribution in [0.5, 0.6) is 0 Å². The van der Waals surface area contributed by atoms with E-state index in [1.165, 1.54) is 12.1 Å². The summed E-state index contributed by atoms with van der Waals surface area (Å²) in [4.78, 5) is 38.2. The number of alkyl halides is 3. The fourth-order valence-corrected chi connectivity index (χ4v) is 4.80. The van der Waals surface area contributed by atoms with Gasteiger partial charge >= 0.3 is 6.18 Å². The lowest BCUT2D eigenvalue weighted by molar-refractivity contribution is -0.143. The highest BCUT2D eigenvalue weighted by molar-refractivity contribution is 6.09. The largest absolute Gasteiger partial charge is 0.418 e. The van der Waals surface area contributed by atoms with Crippen LogP contribution >= 0.6 is 0 Å². The van der Waals surface area contributed by atoms with Crippen LogP contribution in [0.15, 0.2) is 24.3 Å². The molecule has 3 amide bonds. The van der Waals surface area contributed by atoms with Gasteiger partial charge in [0, 0.05) is 0 Å². The number of hydrogen-bond donors (Lipinski definition) is 1. The van der Waals surface area contributed by atoms with Crippen molar-refractivity contribution in [2.45, 2.75) is 25.4 Å². The molecule has 26 heavy (non-hydrogen) atoms. The van der Waals surface area contributed by atoms with Gasteiger partial charge in [-0.1, -0.05) is 12.1 Å². The minimum absolute atomic E-state index is 0.195. The van der Waals surface area contributed by atoms with E-state index in [1.54, 1.807) is 0 Å². The predicted octanol–water partition coefficient (Wildman–Crippen LogP) is 2.68. The fourth-order valence-electron chi connectivity index (χ4n) is 4.80. The maximum absolute atomic E-state index is 13.0. The number of rotatable bonds is 3. The molecule has 5 nitrogen and oxygen atoms in total. The van der Waals surface area contributed by atoms with Crippen molar-refractivity contribution in [3.8, 4) is 0 Å². The Labute approximate surface area is 147 Å². The second-order valence-electron chi connectivity index (χ2n) is 7.24. The van der Waals surface area contributed by atoms with E-state index >= 15 is 0 Å². The summed E-state index contributed by atoms with van der Waals surface area (Å²) in [6.07, 6.45) is -1.89. The van der Waals surface area contributed by atoms with Crippen molar-refractivity contribution in [3.63, 3.8) is 0 Å². The van der Waals surface area contributed by atoms with E-state index in [9.17, 15) is 27.6 Å². The number of fused-ring (bicyclic) bond motifs is 5. The number of carbonyl (C=O) groups is 3. The minimum atomic E-state index is -4.61. The number of anilines is 1. The summed E-state index contributed by atoms with van der Waals surface area (Å²) in [5.41, 5.74) is -1.35. The number of likely N-dealkylation sites (tertiary alicyclic amines) is 1. The van der Waals surface area contributed by atoms with Crippen LogP contribution in [-0.4, -0.2) is 29.2 Å². The standard InChI is InChI=1S/C18H17F3N2O3/c19-18(20,21)11-3-1-2-4-12(11)22-13(24)8-23-16(25)14-9-5-6-10(7-9)15(14)17(23)26/h1-4,9-10,14-15H,5-8H2,(H,22,24)/t9-,10+,14-,15+. The Kier molecular flexibility index (Phi) is 3.82. The monoisotopic (exact) mass is 366 g/mol. The first-order chi connectivity index (χ1) is 12.3. The molecule has 0 radical (unpaired) electrons. The highest BCUT2D eigenvalue weighted by Crippen LogP contribution is 2.56. The van der Waals surface area contributed by atoms with Gasteiger partial charge in [-0.15, -0.1) is 0 Å². The zero-order valence-corrected chi connectivity index (χ0v) is 13.8. The molecule has 0 spiro atoms. The third-order valence-corrected chi connectivity index (χ3v) is 5.83. The van der Waals surface area contributed by atoms with Crippen LogP contribution < -0.4 is 5.32 Å². The van der Waals surface area contributed by atoms with Crippen LogP contribution in [0.3, 0.4) is 0 Å². The van der Waals surface area contributed by atoms with E-state index in [-0.39, 0.29) is 41.2 Å². The number of para-hydroxylation sites is 1. The topological polar surface area (TPSA) is 66.5 Å². The Bertz CT molecular complexity index is 764. The Morgan fingerprint density at radius 2 is 1.65 bits per heavy atom. The molecule has 138 valence electrons. The van der Waals surface area contributed by atoms with E-state index in [4.69, 9.17) is 0 Å². The summed E-state index contributed by atoms with van der Waals surface area (Å²) in [6.45, 7) is -0.545. The molecule has 3 aliphatic rings. The molecule has 2 bridgehead atoms. The smallest absolute Gasteiger partial charge is 0.324 e. The van der Waals surface area contributed by atoms with Crippen LogP contribution in [0.2, 0.25) is 0 Å². The zero-order valence-electron chi connectivity index (χ0n) is 13.8. The molecule has 2 aliphatic carbocycles. The van der Waals surface area contributed by atoms with Crippen molar-refractivity contribution in [2.24, 2.45) is 23.7 Å². The maximum atomic E-state index is 13.0. The first-order valence-corrected chi connectivity index (χ1v) is 8.58. The van der Waals surface area contributed by atoms with Gasteiger partial charge < -0.3 is 5.32 Å². The molecular formula is C18H17F3N2O3. The number of benzene rings is 1. The van der Waals surface area contributed by atoms with Crippen molar-refractivity contribution in [1.82, 2.24) is 4.90 Å². The van der Waals surface area contributed by atoms with E-state index in [0.717, 1.165) is 36.3 Å². The number of hydrogen-bond acceptors (Lipinski definition) is 3. The molecule has 2 saturated carbocycles. The van der Waals surface area contributed by atoms with Crippen LogP contribution in [0.1, 0.15) is 24.8 Å². The van der Waals surface area contributed by atoms with E-state index in [1.807, 2.05) is 0 Å². The van der Waals surface area contributed by atoms with Gasteiger partial charge in [0.25, 0.3) is 0 Å². The summed E-state index contributed by atoms with van der Waals surface area (Å²) >= 11 is 0. The molecule has 4 rings (SSSR count). The lowest BCUT2D eigenvalue weighted by Gasteiger charge is -2.19. The van der Waals surface area contributed by atoms with Gasteiger partial charge in [0.05, 0.1) is 23.1 Å². The maximum Gasteiger partial charge on any atom is 0.418 e. The van der Waals surface area contributed by atoms with Gasteiger partial charge in [-0.05, 0) is 43.2 Å². The molecule has 8 heteroatoms. The highest BCUT2D eigenvalue weighted by Gasteiger charge is 2.60. The molecule has 0 unspecified atom stereocenters. The third-order valence-electron chi connectivity index (χ3n) is 5.83. The summed E-state index contributed by atoms with van der Waals surface area (Å²) in [7, 11) is 0. The van der Waals surface area contributed by atoms with Gasteiger partial charge in [-0.25, -0.2) is 0 Å². The van der Waals surface area contributed by atoms with E-state index in [0.29, 0.717) is 0 Å². The van der Waals surface area contributed by atoms with Crippen LogP contribution in [0.25, 0.3) is 0 Å². The fraction of sp³-hybridized carbons (Fsp3) is 0.500. The van der Waals surface area contributed by atoms with Crippen molar-refractivity contribution >= 4 is 23.4 Å². The highest BCUT2D eigenvalue weighted by atomic mass is 19.4. The van der Waals surface area contributed by atoms with Gasteiger partial charge in [-0.3, -0.25) is 19.3 Å². The predicted molar refractivity (Wildman–Crippen MR) is 84.6 cm³/mol. The number of amides is 3. The van der Waals surface area contributed by atoms with Crippen LogP contribution in [-0.2, 0) is 20.6 Å². The minimum Gasteiger partial charge on any atom is -0.324 e. The zero-order chi connectivity index (χ0) is 18.6. The number of nitrogens with zero attached hydrogens (tertiary/aromatic N) is 1. The van der Waals surface area contributed by atoms with Crippen molar-refractivity contribution in [2.75, 3.05) is 11.9 Å². The molecule has 1 saturated heterocycles. The Balaban J connectivity index is 1.48. The van der Waals surface area contributed by atoms with Crippen molar-refractivity contribution in [1.29, 1.82) is 0 Å².